The molecular formula is C18H13F2N5OS. The molecule has 0 radical (unpaired) electrons. The molecule has 0 aliphatic carbocycles. The predicted octanol–water partition coefficient (Wildman–Crippen LogP) is 3.93. The van der Waals surface area contributed by atoms with E-state index in [4.69, 9.17) is 0 Å². The van der Waals surface area contributed by atoms with Gasteiger partial charge in [0, 0.05) is 29.6 Å². The summed E-state index contributed by atoms with van der Waals surface area (Å²) in [5, 5.41) is 9.55. The van der Waals surface area contributed by atoms with Gasteiger partial charge in [0.05, 0.1) is 17.0 Å². The first kappa shape index (κ1) is 17.2. The van der Waals surface area contributed by atoms with Gasteiger partial charge in [-0.3, -0.25) is 14.8 Å². The number of carbonyl (C=O) groups excluding carboxylic acids is 1. The zero-order valence-electron chi connectivity index (χ0n) is 14.3. The van der Waals surface area contributed by atoms with Crippen molar-refractivity contribution in [3.05, 3.63) is 58.7 Å². The van der Waals surface area contributed by atoms with Gasteiger partial charge in [-0.2, -0.15) is 5.10 Å². The Morgan fingerprint density at radius 1 is 1.26 bits per heavy atom. The van der Waals surface area contributed by atoms with Crippen molar-refractivity contribution in [3.63, 3.8) is 0 Å². The molecule has 3 aromatic heterocycles. The van der Waals surface area contributed by atoms with Gasteiger partial charge in [-0.15, -0.1) is 11.3 Å². The number of rotatable bonds is 3. The van der Waals surface area contributed by atoms with E-state index >= 15 is 0 Å². The van der Waals surface area contributed by atoms with E-state index in [1.807, 2.05) is 6.92 Å². The molecule has 1 N–H and O–H groups in total. The second-order valence-electron chi connectivity index (χ2n) is 5.92. The summed E-state index contributed by atoms with van der Waals surface area (Å²) in [6, 6.07) is 4.86. The molecule has 0 aliphatic rings. The Labute approximate surface area is 156 Å². The molecular weight excluding hydrogens is 372 g/mol. The number of nitrogens with one attached hydrogen (secondary N) is 1. The van der Waals surface area contributed by atoms with Gasteiger partial charge in [0.25, 0.3) is 5.91 Å². The van der Waals surface area contributed by atoms with Gasteiger partial charge in [0.1, 0.15) is 11.6 Å². The van der Waals surface area contributed by atoms with Crippen LogP contribution in [-0.2, 0) is 7.05 Å². The van der Waals surface area contributed by atoms with E-state index in [2.05, 4.69) is 20.4 Å². The van der Waals surface area contributed by atoms with E-state index in [0.717, 1.165) is 40.6 Å². The van der Waals surface area contributed by atoms with Crippen molar-refractivity contribution in [2.75, 3.05) is 5.32 Å². The first-order valence-electron chi connectivity index (χ1n) is 7.94. The van der Waals surface area contributed by atoms with Crippen molar-refractivity contribution in [3.8, 4) is 11.3 Å². The van der Waals surface area contributed by atoms with E-state index in [1.165, 1.54) is 6.20 Å². The van der Waals surface area contributed by atoms with Gasteiger partial charge in [-0.1, -0.05) is 0 Å². The van der Waals surface area contributed by atoms with Crippen LogP contribution in [0, 0.1) is 18.6 Å². The fraction of sp³-hybridized carbons (Fsp3) is 0.111. The molecule has 0 bridgehead atoms. The molecule has 4 aromatic rings. The number of anilines is 1. The molecule has 1 amide bonds. The topological polar surface area (TPSA) is 72.7 Å². The Morgan fingerprint density at radius 3 is 2.89 bits per heavy atom. The van der Waals surface area contributed by atoms with Gasteiger partial charge >= 0.3 is 0 Å². The van der Waals surface area contributed by atoms with Gasteiger partial charge in [-0.05, 0) is 31.2 Å². The first-order valence-corrected chi connectivity index (χ1v) is 8.82. The summed E-state index contributed by atoms with van der Waals surface area (Å²) < 4.78 is 28.9. The quantitative estimate of drug-likeness (QED) is 0.580. The Balaban J connectivity index is 1.59. The number of pyridine rings is 1. The number of nitrogens with zero attached hydrogens (tertiary/aromatic N) is 4. The SMILES string of the molecule is Cc1nn(C)c2ncc(C(=O)Nc3nc(-c4cc(F)ccc4F)cs3)cc12. The number of benzene rings is 1. The standard InChI is InChI=1S/C18H13F2N5OS/c1-9-12-5-10(7-21-16(12)25(2)24-9)17(26)23-18-22-15(8-27-18)13-6-11(19)3-4-14(13)20/h3-8H,1-2H3,(H,22,23,26). The average molecular weight is 385 g/mol. The number of amides is 1. The largest absolute Gasteiger partial charge is 0.298 e. The maximum Gasteiger partial charge on any atom is 0.259 e. The molecule has 136 valence electrons. The summed E-state index contributed by atoms with van der Waals surface area (Å²) in [7, 11) is 1.78. The molecule has 27 heavy (non-hydrogen) atoms. The molecule has 0 saturated carbocycles. The van der Waals surface area contributed by atoms with Crippen LogP contribution in [0.1, 0.15) is 16.1 Å². The lowest BCUT2D eigenvalue weighted by Crippen LogP contribution is -2.12. The smallest absolute Gasteiger partial charge is 0.259 e. The Kier molecular flexibility index (Phi) is 4.15. The van der Waals surface area contributed by atoms with E-state index in [0.29, 0.717) is 11.2 Å². The Morgan fingerprint density at radius 2 is 2.07 bits per heavy atom. The van der Waals surface area contributed by atoms with Gasteiger partial charge in [-0.25, -0.2) is 18.7 Å². The summed E-state index contributed by atoms with van der Waals surface area (Å²) >= 11 is 1.12. The Hall–Kier alpha value is -3.20. The Bertz CT molecular complexity index is 1180. The first-order chi connectivity index (χ1) is 12.9. The zero-order valence-corrected chi connectivity index (χ0v) is 15.1. The van der Waals surface area contributed by atoms with Crippen LogP contribution in [0.15, 0.2) is 35.8 Å². The molecule has 0 saturated heterocycles. The van der Waals surface area contributed by atoms with E-state index in [-0.39, 0.29) is 16.4 Å². The second kappa shape index (κ2) is 6.51. The van der Waals surface area contributed by atoms with Crippen LogP contribution in [-0.4, -0.2) is 25.7 Å². The minimum atomic E-state index is -0.582. The molecule has 0 spiro atoms. The van der Waals surface area contributed by atoms with Crippen LogP contribution in [0.25, 0.3) is 22.3 Å². The van der Waals surface area contributed by atoms with Crippen molar-refractivity contribution in [1.29, 1.82) is 0 Å². The maximum atomic E-state index is 13.9. The zero-order chi connectivity index (χ0) is 19.1. The monoisotopic (exact) mass is 385 g/mol. The van der Waals surface area contributed by atoms with E-state index < -0.39 is 17.5 Å². The number of thiazole rings is 1. The molecule has 4 rings (SSSR count). The lowest BCUT2D eigenvalue weighted by atomic mass is 10.1. The summed E-state index contributed by atoms with van der Waals surface area (Å²) in [6.45, 7) is 1.84. The number of aromatic nitrogens is 4. The molecule has 0 atom stereocenters. The van der Waals surface area contributed by atoms with Crippen LogP contribution in [0.2, 0.25) is 0 Å². The van der Waals surface area contributed by atoms with Gasteiger partial charge < -0.3 is 0 Å². The number of aryl methyl sites for hydroxylation is 2. The van der Waals surface area contributed by atoms with Gasteiger partial charge in [0.2, 0.25) is 0 Å². The van der Waals surface area contributed by atoms with Crippen molar-refractivity contribution in [2.45, 2.75) is 6.92 Å². The average Bonchev–Trinajstić information content (AvgIpc) is 3.21. The minimum Gasteiger partial charge on any atom is -0.298 e. The highest BCUT2D eigenvalue weighted by molar-refractivity contribution is 7.14. The fourth-order valence-electron chi connectivity index (χ4n) is 2.75. The third-order valence-corrected chi connectivity index (χ3v) is 4.81. The number of halogens is 2. The lowest BCUT2D eigenvalue weighted by Gasteiger charge is -2.02. The second-order valence-corrected chi connectivity index (χ2v) is 6.78. The van der Waals surface area contributed by atoms with Gasteiger partial charge in [0.15, 0.2) is 10.8 Å². The van der Waals surface area contributed by atoms with Crippen molar-refractivity contribution in [1.82, 2.24) is 19.7 Å². The molecule has 0 fully saturated rings. The molecule has 9 heteroatoms. The third kappa shape index (κ3) is 3.17. The van der Waals surface area contributed by atoms with Crippen LogP contribution in [0.3, 0.4) is 0 Å². The highest BCUT2D eigenvalue weighted by atomic mass is 32.1. The third-order valence-electron chi connectivity index (χ3n) is 4.05. The molecule has 1 aromatic carbocycles. The van der Waals surface area contributed by atoms with Crippen molar-refractivity contribution in [2.24, 2.45) is 7.05 Å². The highest BCUT2D eigenvalue weighted by Gasteiger charge is 2.15. The summed E-state index contributed by atoms with van der Waals surface area (Å²) in [5.74, 6) is -1.54. The molecule has 0 unspecified atom stereocenters. The maximum absolute atomic E-state index is 13.9. The van der Waals surface area contributed by atoms with Crippen molar-refractivity contribution < 1.29 is 13.6 Å². The molecule has 6 nitrogen and oxygen atoms in total. The molecule has 0 aliphatic heterocycles. The fourth-order valence-corrected chi connectivity index (χ4v) is 3.46. The number of hydrogen-bond donors (Lipinski definition) is 1. The molecule has 3 heterocycles. The number of fused-ring (bicyclic) bond motifs is 1. The minimum absolute atomic E-state index is 0.0424. The lowest BCUT2D eigenvalue weighted by molar-refractivity contribution is 0.102. The summed E-state index contributed by atoms with van der Waals surface area (Å²) in [6.07, 6.45) is 1.46. The van der Waals surface area contributed by atoms with Crippen LogP contribution < -0.4 is 5.32 Å². The van der Waals surface area contributed by atoms with Crippen molar-refractivity contribution >= 4 is 33.4 Å². The van der Waals surface area contributed by atoms with E-state index in [9.17, 15) is 13.6 Å². The highest BCUT2D eigenvalue weighted by Crippen LogP contribution is 2.28. The predicted molar refractivity (Wildman–Crippen MR) is 98.7 cm³/mol. The summed E-state index contributed by atoms with van der Waals surface area (Å²) in [4.78, 5) is 20.9. The number of carbonyl (C=O) groups is 1. The van der Waals surface area contributed by atoms with Crippen LogP contribution in [0.5, 0.6) is 0 Å². The number of hydrogen-bond acceptors (Lipinski definition) is 5. The summed E-state index contributed by atoms with van der Waals surface area (Å²) in [5.41, 5.74) is 2.10. The van der Waals surface area contributed by atoms with Crippen LogP contribution in [0.4, 0.5) is 13.9 Å². The van der Waals surface area contributed by atoms with E-state index in [1.54, 1.807) is 23.2 Å². The normalized spacial score (nSPS) is 11.1. The van der Waals surface area contributed by atoms with Crippen LogP contribution >= 0.6 is 11.3 Å².